The number of amides is 1. The molecule has 1 saturated carbocycles. The maximum Gasteiger partial charge on any atom is 0.224 e. The Hall–Kier alpha value is -1.51. The average Bonchev–Trinajstić information content (AvgIpc) is 2.82. The van der Waals surface area contributed by atoms with E-state index in [-0.39, 0.29) is 5.91 Å². The highest BCUT2D eigenvalue weighted by Gasteiger charge is 2.17. The van der Waals surface area contributed by atoms with E-state index in [1.54, 1.807) is 7.11 Å². The van der Waals surface area contributed by atoms with Crippen molar-refractivity contribution in [3.8, 4) is 5.75 Å². The van der Waals surface area contributed by atoms with Crippen LogP contribution in [-0.4, -0.2) is 19.1 Å². The predicted octanol–water partition coefficient (Wildman–Crippen LogP) is 2.30. The summed E-state index contributed by atoms with van der Waals surface area (Å²) in [4.78, 5) is 11.8. The van der Waals surface area contributed by atoms with Gasteiger partial charge in [0.1, 0.15) is 5.75 Å². The molecule has 1 N–H and O–H groups in total. The molecule has 0 bridgehead atoms. The SMILES string of the molecule is COc1cccc(CC(=O)NC2CCCC2)c1. The van der Waals surface area contributed by atoms with E-state index in [2.05, 4.69) is 5.32 Å². The van der Waals surface area contributed by atoms with Gasteiger partial charge in [-0.3, -0.25) is 4.79 Å². The summed E-state index contributed by atoms with van der Waals surface area (Å²) in [7, 11) is 1.64. The summed E-state index contributed by atoms with van der Waals surface area (Å²) in [5.41, 5.74) is 1.000. The minimum absolute atomic E-state index is 0.116. The maximum absolute atomic E-state index is 11.8. The number of hydrogen-bond donors (Lipinski definition) is 1. The largest absolute Gasteiger partial charge is 0.497 e. The highest BCUT2D eigenvalue weighted by molar-refractivity contribution is 5.79. The summed E-state index contributed by atoms with van der Waals surface area (Å²) < 4.78 is 5.14. The quantitative estimate of drug-likeness (QED) is 0.866. The lowest BCUT2D eigenvalue weighted by molar-refractivity contribution is -0.121. The second kappa shape index (κ2) is 5.71. The van der Waals surface area contributed by atoms with Crippen molar-refractivity contribution < 1.29 is 9.53 Å². The Kier molecular flexibility index (Phi) is 4.02. The van der Waals surface area contributed by atoms with Gasteiger partial charge >= 0.3 is 0 Å². The lowest BCUT2D eigenvalue weighted by Gasteiger charge is -2.12. The van der Waals surface area contributed by atoms with Crippen LogP contribution in [-0.2, 0) is 11.2 Å². The van der Waals surface area contributed by atoms with Crippen LogP contribution in [0.15, 0.2) is 24.3 Å². The summed E-state index contributed by atoms with van der Waals surface area (Å²) in [6.07, 6.45) is 5.18. The lowest BCUT2D eigenvalue weighted by atomic mass is 10.1. The van der Waals surface area contributed by atoms with E-state index in [0.29, 0.717) is 12.5 Å². The van der Waals surface area contributed by atoms with Crippen LogP contribution < -0.4 is 10.1 Å². The van der Waals surface area contributed by atoms with E-state index in [0.717, 1.165) is 24.2 Å². The molecule has 1 aromatic rings. The monoisotopic (exact) mass is 233 g/mol. The van der Waals surface area contributed by atoms with E-state index in [4.69, 9.17) is 4.74 Å². The molecule has 1 aliphatic carbocycles. The van der Waals surface area contributed by atoms with Crippen LogP contribution in [0.1, 0.15) is 31.2 Å². The second-order valence-electron chi connectivity index (χ2n) is 4.58. The molecule has 3 heteroatoms. The van der Waals surface area contributed by atoms with Crippen molar-refractivity contribution in [2.45, 2.75) is 38.1 Å². The Morgan fingerprint density at radius 2 is 2.18 bits per heavy atom. The van der Waals surface area contributed by atoms with Crippen LogP contribution in [0.3, 0.4) is 0 Å². The number of ether oxygens (including phenoxy) is 1. The molecule has 1 aromatic carbocycles. The minimum Gasteiger partial charge on any atom is -0.497 e. The Morgan fingerprint density at radius 3 is 2.88 bits per heavy atom. The second-order valence-corrected chi connectivity index (χ2v) is 4.58. The smallest absolute Gasteiger partial charge is 0.224 e. The third kappa shape index (κ3) is 3.48. The van der Waals surface area contributed by atoms with Gasteiger partial charge in [-0.2, -0.15) is 0 Å². The number of rotatable bonds is 4. The summed E-state index contributed by atoms with van der Waals surface area (Å²) in [6, 6.07) is 8.06. The first-order valence-corrected chi connectivity index (χ1v) is 6.20. The van der Waals surface area contributed by atoms with Gasteiger partial charge in [0.05, 0.1) is 13.5 Å². The molecule has 0 heterocycles. The van der Waals surface area contributed by atoms with Crippen LogP contribution in [0.5, 0.6) is 5.75 Å². The van der Waals surface area contributed by atoms with E-state index < -0.39 is 0 Å². The first-order valence-electron chi connectivity index (χ1n) is 6.20. The maximum atomic E-state index is 11.8. The number of methoxy groups -OCH3 is 1. The molecule has 0 aliphatic heterocycles. The summed E-state index contributed by atoms with van der Waals surface area (Å²) in [6.45, 7) is 0. The van der Waals surface area contributed by atoms with Gasteiger partial charge in [-0.05, 0) is 30.5 Å². The molecule has 0 radical (unpaired) electrons. The Morgan fingerprint density at radius 1 is 1.41 bits per heavy atom. The Bertz CT molecular complexity index is 384. The molecule has 0 atom stereocenters. The first-order chi connectivity index (χ1) is 8.28. The normalized spacial score (nSPS) is 15.8. The molecule has 0 spiro atoms. The van der Waals surface area contributed by atoms with Crippen molar-refractivity contribution in [1.29, 1.82) is 0 Å². The molecule has 1 amide bonds. The zero-order chi connectivity index (χ0) is 12.1. The van der Waals surface area contributed by atoms with Gasteiger partial charge in [-0.25, -0.2) is 0 Å². The summed E-state index contributed by atoms with van der Waals surface area (Å²) >= 11 is 0. The third-order valence-electron chi connectivity index (χ3n) is 3.22. The van der Waals surface area contributed by atoms with Gasteiger partial charge in [0, 0.05) is 6.04 Å². The highest BCUT2D eigenvalue weighted by atomic mass is 16.5. The summed E-state index contributed by atoms with van der Waals surface area (Å²) in [5, 5.41) is 3.09. The lowest BCUT2D eigenvalue weighted by Crippen LogP contribution is -2.33. The topological polar surface area (TPSA) is 38.3 Å². The molecule has 0 unspecified atom stereocenters. The van der Waals surface area contributed by atoms with Crippen molar-refractivity contribution in [2.75, 3.05) is 7.11 Å². The Labute approximate surface area is 102 Å². The van der Waals surface area contributed by atoms with Crippen molar-refractivity contribution in [2.24, 2.45) is 0 Å². The highest BCUT2D eigenvalue weighted by Crippen LogP contribution is 2.18. The Balaban J connectivity index is 1.88. The van der Waals surface area contributed by atoms with Crippen molar-refractivity contribution in [1.82, 2.24) is 5.32 Å². The zero-order valence-corrected chi connectivity index (χ0v) is 10.2. The average molecular weight is 233 g/mol. The van der Waals surface area contributed by atoms with Gasteiger partial charge in [0.2, 0.25) is 5.91 Å². The number of carbonyl (C=O) groups excluding carboxylic acids is 1. The molecule has 3 nitrogen and oxygen atoms in total. The fourth-order valence-corrected chi connectivity index (χ4v) is 2.32. The molecule has 2 rings (SSSR count). The van der Waals surface area contributed by atoms with Crippen LogP contribution >= 0.6 is 0 Å². The molecular formula is C14H19NO2. The number of hydrogen-bond acceptors (Lipinski definition) is 2. The van der Waals surface area contributed by atoms with E-state index in [1.165, 1.54) is 12.8 Å². The molecule has 0 aromatic heterocycles. The molecule has 1 fully saturated rings. The zero-order valence-electron chi connectivity index (χ0n) is 10.2. The molecular weight excluding hydrogens is 214 g/mol. The van der Waals surface area contributed by atoms with Gasteiger partial charge < -0.3 is 10.1 Å². The number of nitrogens with one attached hydrogen (secondary N) is 1. The van der Waals surface area contributed by atoms with Crippen molar-refractivity contribution in [3.05, 3.63) is 29.8 Å². The molecule has 92 valence electrons. The van der Waals surface area contributed by atoms with Gasteiger partial charge in [0.15, 0.2) is 0 Å². The van der Waals surface area contributed by atoms with Gasteiger partial charge in [-0.1, -0.05) is 25.0 Å². The molecule has 17 heavy (non-hydrogen) atoms. The number of carbonyl (C=O) groups is 1. The standard InChI is InChI=1S/C14H19NO2/c1-17-13-8-4-5-11(9-13)10-14(16)15-12-6-2-3-7-12/h4-5,8-9,12H,2-3,6-7,10H2,1H3,(H,15,16). The predicted molar refractivity (Wildman–Crippen MR) is 67.1 cm³/mol. The molecule has 1 aliphatic rings. The number of benzene rings is 1. The van der Waals surface area contributed by atoms with E-state index in [9.17, 15) is 4.79 Å². The van der Waals surface area contributed by atoms with Crippen LogP contribution in [0.2, 0.25) is 0 Å². The fraction of sp³-hybridized carbons (Fsp3) is 0.500. The van der Waals surface area contributed by atoms with Crippen LogP contribution in [0.4, 0.5) is 0 Å². The molecule has 0 saturated heterocycles. The summed E-state index contributed by atoms with van der Waals surface area (Å²) in [5.74, 6) is 0.918. The van der Waals surface area contributed by atoms with E-state index in [1.807, 2.05) is 24.3 Å². The fourth-order valence-electron chi connectivity index (χ4n) is 2.32. The third-order valence-corrected chi connectivity index (χ3v) is 3.22. The van der Waals surface area contributed by atoms with Crippen LogP contribution in [0.25, 0.3) is 0 Å². The van der Waals surface area contributed by atoms with Gasteiger partial charge in [-0.15, -0.1) is 0 Å². The van der Waals surface area contributed by atoms with Gasteiger partial charge in [0.25, 0.3) is 0 Å². The van der Waals surface area contributed by atoms with Crippen molar-refractivity contribution in [3.63, 3.8) is 0 Å². The van der Waals surface area contributed by atoms with Crippen molar-refractivity contribution >= 4 is 5.91 Å². The van der Waals surface area contributed by atoms with Crippen LogP contribution in [0, 0.1) is 0 Å². The van der Waals surface area contributed by atoms with E-state index >= 15 is 0 Å². The first kappa shape index (κ1) is 12.0. The minimum atomic E-state index is 0.116.